The number of aryl methyl sites for hydroxylation is 1. The van der Waals surface area contributed by atoms with Crippen molar-refractivity contribution in [2.75, 3.05) is 0 Å². The Morgan fingerprint density at radius 1 is 1.45 bits per heavy atom. The molecule has 1 aromatic heterocycles. The zero-order chi connectivity index (χ0) is 8.65. The Morgan fingerprint density at radius 3 is 2.18 bits per heavy atom. The van der Waals surface area contributed by atoms with Crippen LogP contribution < -0.4 is 4.60 Å². The van der Waals surface area contributed by atoms with Gasteiger partial charge < -0.3 is 0 Å². The van der Waals surface area contributed by atoms with Crippen LogP contribution in [0.2, 0.25) is 0 Å². The lowest BCUT2D eigenvalue weighted by Crippen LogP contribution is -2.27. The molecule has 62 valence electrons. The Bertz CT molecular complexity index is 303. The van der Waals surface area contributed by atoms with Gasteiger partial charge in [0.15, 0.2) is 10.3 Å². The van der Waals surface area contributed by atoms with Crippen LogP contribution in [0.4, 0.5) is 0 Å². The zero-order valence-corrected chi connectivity index (χ0v) is 7.26. The van der Waals surface area contributed by atoms with E-state index in [1.165, 1.54) is 0 Å². The van der Waals surface area contributed by atoms with Gasteiger partial charge >= 0.3 is 0 Å². The first-order valence-electron chi connectivity index (χ1n) is 3.54. The third kappa shape index (κ3) is 1.34. The fourth-order valence-electron chi connectivity index (χ4n) is 1.18. The number of H-pyrrole nitrogens is 1. The topological polar surface area (TPSA) is 51.9 Å². The SMILES string of the molecule is Cc1[nH]o[n+](=O)c1C(C)(C)C. The molecule has 0 saturated carbocycles. The minimum atomic E-state index is -0.171. The number of rotatable bonds is 0. The van der Waals surface area contributed by atoms with Crippen LogP contribution in [0.15, 0.2) is 4.63 Å². The van der Waals surface area contributed by atoms with Crippen LogP contribution in [0.5, 0.6) is 0 Å². The summed E-state index contributed by atoms with van der Waals surface area (Å²) in [5.41, 5.74) is 1.26. The normalized spacial score (nSPS) is 12.0. The molecule has 0 spiro atoms. The van der Waals surface area contributed by atoms with Gasteiger partial charge in [0.1, 0.15) is 0 Å². The number of nitrogens with one attached hydrogen (secondary N) is 1. The van der Waals surface area contributed by atoms with E-state index in [4.69, 9.17) is 0 Å². The molecule has 0 aliphatic heterocycles. The maximum absolute atomic E-state index is 11.0. The summed E-state index contributed by atoms with van der Waals surface area (Å²) in [5.74, 6) is 0. The quantitative estimate of drug-likeness (QED) is 0.613. The number of aromatic nitrogens is 2. The Morgan fingerprint density at radius 2 is 2.00 bits per heavy atom. The van der Waals surface area contributed by atoms with Crippen molar-refractivity contribution in [2.24, 2.45) is 0 Å². The third-order valence-electron chi connectivity index (χ3n) is 1.53. The smallest absolute Gasteiger partial charge is 0.0882 e. The molecular formula is C7H13N2O2+. The number of hydrogen-bond donors (Lipinski definition) is 1. The average Bonchev–Trinajstić information content (AvgIpc) is 2.08. The summed E-state index contributed by atoms with van der Waals surface area (Å²) in [7, 11) is 0. The first-order chi connectivity index (χ1) is 4.93. The second-order valence-corrected chi connectivity index (χ2v) is 3.67. The summed E-state index contributed by atoms with van der Waals surface area (Å²) >= 11 is 0. The van der Waals surface area contributed by atoms with Crippen molar-refractivity contribution in [1.82, 2.24) is 5.16 Å². The van der Waals surface area contributed by atoms with E-state index >= 15 is 0 Å². The van der Waals surface area contributed by atoms with Gasteiger partial charge in [0.2, 0.25) is 5.69 Å². The molecule has 0 radical (unpaired) electrons. The molecule has 0 unspecified atom stereocenters. The van der Waals surface area contributed by atoms with E-state index in [2.05, 4.69) is 9.79 Å². The van der Waals surface area contributed by atoms with Crippen molar-refractivity contribution in [3.05, 3.63) is 16.3 Å². The first kappa shape index (κ1) is 8.04. The number of nitrogens with zero attached hydrogens (tertiary/aromatic N) is 1. The summed E-state index contributed by atoms with van der Waals surface area (Å²) in [6.45, 7) is 7.71. The standard InChI is InChI=1S/C7H13N2O2/c1-5-6(7(2,3)4)9(10)11-8-5/h8H,1-4H3/q+1. The fourth-order valence-corrected chi connectivity index (χ4v) is 1.18. The molecule has 0 aromatic carbocycles. The average molecular weight is 157 g/mol. The van der Waals surface area contributed by atoms with E-state index in [1.54, 1.807) is 0 Å². The summed E-state index contributed by atoms with van der Waals surface area (Å²) < 4.78 is 5.08. The Hall–Kier alpha value is -1.06. The van der Waals surface area contributed by atoms with E-state index in [0.717, 1.165) is 5.69 Å². The van der Waals surface area contributed by atoms with Gasteiger partial charge in [-0.3, -0.25) is 0 Å². The van der Waals surface area contributed by atoms with Gasteiger partial charge in [-0.1, -0.05) is 30.6 Å². The lowest BCUT2D eigenvalue weighted by molar-refractivity contribution is -0.721. The molecular weight excluding hydrogens is 144 g/mol. The molecule has 4 nitrogen and oxygen atoms in total. The van der Waals surface area contributed by atoms with Crippen LogP contribution in [-0.2, 0) is 5.41 Å². The summed E-state index contributed by atoms with van der Waals surface area (Å²) in [4.78, 5) is 11.0. The molecule has 0 amide bonds. The largest absolute Gasteiger partial charge is 0.249 e. The van der Waals surface area contributed by atoms with E-state index < -0.39 is 0 Å². The van der Waals surface area contributed by atoms with Crippen molar-refractivity contribution >= 4 is 0 Å². The van der Waals surface area contributed by atoms with Gasteiger partial charge in [-0.15, -0.1) is 0 Å². The number of hydrogen-bond acceptors (Lipinski definition) is 2. The highest BCUT2D eigenvalue weighted by Gasteiger charge is 2.29. The molecule has 0 fully saturated rings. The van der Waals surface area contributed by atoms with Gasteiger partial charge in [-0.05, 0) is 4.91 Å². The lowest BCUT2D eigenvalue weighted by atomic mass is 9.91. The fraction of sp³-hybridized carbons (Fsp3) is 0.714. The summed E-state index contributed by atoms with van der Waals surface area (Å²) in [6, 6.07) is 0. The Labute approximate surface area is 64.7 Å². The van der Waals surface area contributed by atoms with Gasteiger partial charge in [0.05, 0.1) is 0 Å². The second-order valence-electron chi connectivity index (χ2n) is 3.67. The lowest BCUT2D eigenvalue weighted by Gasteiger charge is -2.09. The van der Waals surface area contributed by atoms with Gasteiger partial charge in [-0.2, -0.15) is 0 Å². The highest BCUT2D eigenvalue weighted by Crippen LogP contribution is 2.19. The van der Waals surface area contributed by atoms with Crippen LogP contribution in [0, 0.1) is 11.8 Å². The maximum atomic E-state index is 11.0. The van der Waals surface area contributed by atoms with Crippen LogP contribution in [-0.4, -0.2) is 5.16 Å². The molecule has 0 saturated heterocycles. The van der Waals surface area contributed by atoms with E-state index in [9.17, 15) is 4.91 Å². The molecule has 4 heteroatoms. The summed E-state index contributed by atoms with van der Waals surface area (Å²) in [5, 5.41) is 2.52. The molecule has 1 aromatic rings. The van der Waals surface area contributed by atoms with Crippen molar-refractivity contribution in [1.29, 1.82) is 0 Å². The minimum absolute atomic E-state index is 0.171. The highest BCUT2D eigenvalue weighted by molar-refractivity contribution is 5.10. The van der Waals surface area contributed by atoms with Crippen LogP contribution in [0.25, 0.3) is 0 Å². The van der Waals surface area contributed by atoms with E-state index in [0.29, 0.717) is 10.3 Å². The predicted octanol–water partition coefficient (Wildman–Crippen LogP) is 1.13. The molecule has 1 heterocycles. The van der Waals surface area contributed by atoms with Crippen LogP contribution in [0.1, 0.15) is 32.2 Å². The van der Waals surface area contributed by atoms with E-state index in [-0.39, 0.29) is 5.41 Å². The zero-order valence-electron chi connectivity index (χ0n) is 7.26. The highest BCUT2D eigenvalue weighted by atomic mass is 16.7. The first-order valence-corrected chi connectivity index (χ1v) is 3.54. The molecule has 1 rings (SSSR count). The number of aromatic amines is 1. The molecule has 0 bridgehead atoms. The predicted molar refractivity (Wildman–Crippen MR) is 39.9 cm³/mol. The third-order valence-corrected chi connectivity index (χ3v) is 1.53. The summed E-state index contributed by atoms with van der Waals surface area (Å²) in [6.07, 6.45) is 0. The van der Waals surface area contributed by atoms with Crippen LogP contribution >= 0.6 is 0 Å². The van der Waals surface area contributed by atoms with Gasteiger partial charge in [0, 0.05) is 12.3 Å². The monoisotopic (exact) mass is 157 g/mol. The van der Waals surface area contributed by atoms with Gasteiger partial charge in [-0.25, -0.2) is 0 Å². The second kappa shape index (κ2) is 2.22. The van der Waals surface area contributed by atoms with Gasteiger partial charge in [0.25, 0.3) is 0 Å². The molecule has 0 aliphatic rings. The molecule has 0 aliphatic carbocycles. The Balaban J connectivity index is 3.33. The van der Waals surface area contributed by atoms with E-state index in [1.807, 2.05) is 27.7 Å². The minimum Gasteiger partial charge on any atom is -0.0882 e. The van der Waals surface area contributed by atoms with Crippen molar-refractivity contribution in [2.45, 2.75) is 33.1 Å². The van der Waals surface area contributed by atoms with Crippen molar-refractivity contribution in [3.63, 3.8) is 0 Å². The van der Waals surface area contributed by atoms with Crippen molar-refractivity contribution < 1.29 is 9.23 Å². The molecule has 1 N–H and O–H groups in total. The van der Waals surface area contributed by atoms with Crippen LogP contribution in [0.3, 0.4) is 0 Å². The van der Waals surface area contributed by atoms with Crippen molar-refractivity contribution in [3.8, 4) is 0 Å². The maximum Gasteiger partial charge on any atom is 0.249 e. The Kier molecular flexibility index (Phi) is 1.62. The molecule has 0 atom stereocenters. The molecule has 11 heavy (non-hydrogen) atoms.